The van der Waals surface area contributed by atoms with E-state index < -0.39 is 4.92 Å². The minimum absolute atomic E-state index is 0.113. The third kappa shape index (κ3) is 6.52. The predicted molar refractivity (Wildman–Crippen MR) is 88.9 cm³/mol. The SMILES string of the molecule is C/C(=C\c1ccc(Cl)cc1)[N+](=O)[O-].O=Cc1ccc(Cl)cc1. The van der Waals surface area contributed by atoms with Crippen LogP contribution in [0.1, 0.15) is 22.8 Å². The monoisotopic (exact) mass is 337 g/mol. The molecule has 0 fully saturated rings. The van der Waals surface area contributed by atoms with Crippen LogP contribution >= 0.6 is 23.2 Å². The number of nitro groups is 1. The average Bonchev–Trinajstić information content (AvgIpc) is 2.51. The minimum atomic E-state index is -0.422. The number of rotatable bonds is 3. The molecule has 0 aliphatic heterocycles. The molecule has 4 nitrogen and oxygen atoms in total. The molecule has 0 radical (unpaired) electrons. The Balaban J connectivity index is 0.000000235. The largest absolute Gasteiger partial charge is 0.298 e. The van der Waals surface area contributed by atoms with Crippen molar-refractivity contribution in [3.63, 3.8) is 0 Å². The number of nitrogens with zero attached hydrogens (tertiary/aromatic N) is 1. The van der Waals surface area contributed by atoms with Gasteiger partial charge in [-0.15, -0.1) is 0 Å². The number of carbonyl (C=O) groups excluding carboxylic acids is 1. The summed E-state index contributed by atoms with van der Waals surface area (Å²) >= 11 is 11.2. The molecule has 0 aromatic heterocycles. The van der Waals surface area contributed by atoms with Crippen molar-refractivity contribution in [3.8, 4) is 0 Å². The zero-order valence-electron chi connectivity index (χ0n) is 11.7. The fraction of sp³-hybridized carbons (Fsp3) is 0.0625. The topological polar surface area (TPSA) is 60.2 Å². The number of hydrogen-bond donors (Lipinski definition) is 0. The van der Waals surface area contributed by atoms with Gasteiger partial charge >= 0.3 is 0 Å². The maximum atomic E-state index is 10.3. The molecule has 0 heterocycles. The molecule has 0 spiro atoms. The summed E-state index contributed by atoms with van der Waals surface area (Å²) in [5.41, 5.74) is 1.54. The van der Waals surface area contributed by atoms with E-state index in [0.29, 0.717) is 15.6 Å². The summed E-state index contributed by atoms with van der Waals surface area (Å²) < 4.78 is 0. The molecular formula is C16H13Cl2NO3. The van der Waals surface area contributed by atoms with E-state index in [1.807, 2.05) is 0 Å². The summed E-state index contributed by atoms with van der Waals surface area (Å²) in [6.45, 7) is 1.45. The summed E-state index contributed by atoms with van der Waals surface area (Å²) in [7, 11) is 0. The van der Waals surface area contributed by atoms with Gasteiger partial charge < -0.3 is 0 Å². The average molecular weight is 338 g/mol. The number of halogens is 2. The van der Waals surface area contributed by atoms with Crippen molar-refractivity contribution in [2.45, 2.75) is 6.92 Å². The van der Waals surface area contributed by atoms with Crippen LogP contribution in [0.4, 0.5) is 0 Å². The van der Waals surface area contributed by atoms with Gasteiger partial charge in [-0.05, 0) is 29.8 Å². The predicted octanol–water partition coefficient (Wildman–Crippen LogP) is 5.13. The Morgan fingerprint density at radius 2 is 1.36 bits per heavy atom. The van der Waals surface area contributed by atoms with Gasteiger partial charge in [0.2, 0.25) is 5.70 Å². The highest BCUT2D eigenvalue weighted by atomic mass is 35.5. The van der Waals surface area contributed by atoms with Crippen molar-refractivity contribution in [3.05, 3.63) is 85.5 Å². The highest BCUT2D eigenvalue weighted by Gasteiger charge is 2.01. The van der Waals surface area contributed by atoms with Crippen molar-refractivity contribution < 1.29 is 9.72 Å². The lowest BCUT2D eigenvalue weighted by Crippen LogP contribution is -1.92. The highest BCUT2D eigenvalue weighted by Crippen LogP contribution is 2.12. The lowest BCUT2D eigenvalue weighted by atomic mass is 10.2. The van der Waals surface area contributed by atoms with Gasteiger partial charge in [-0.1, -0.05) is 47.5 Å². The first-order valence-electron chi connectivity index (χ1n) is 6.21. The van der Waals surface area contributed by atoms with E-state index >= 15 is 0 Å². The van der Waals surface area contributed by atoms with Crippen LogP contribution in [0, 0.1) is 10.1 Å². The second kappa shape index (κ2) is 8.97. The van der Waals surface area contributed by atoms with E-state index in [2.05, 4.69) is 0 Å². The fourth-order valence-corrected chi connectivity index (χ4v) is 1.65. The van der Waals surface area contributed by atoms with E-state index in [9.17, 15) is 14.9 Å². The molecule has 0 saturated heterocycles. The Morgan fingerprint density at radius 1 is 0.955 bits per heavy atom. The minimum Gasteiger partial charge on any atom is -0.298 e. The van der Waals surface area contributed by atoms with Crippen molar-refractivity contribution in [1.29, 1.82) is 0 Å². The van der Waals surface area contributed by atoms with Crippen LogP contribution < -0.4 is 0 Å². The van der Waals surface area contributed by atoms with Gasteiger partial charge in [0.15, 0.2) is 0 Å². The van der Waals surface area contributed by atoms with Crippen molar-refractivity contribution in [2.75, 3.05) is 0 Å². The Morgan fingerprint density at radius 3 is 1.73 bits per heavy atom. The lowest BCUT2D eigenvalue weighted by Gasteiger charge is -1.93. The van der Waals surface area contributed by atoms with Crippen LogP contribution in [0.3, 0.4) is 0 Å². The van der Waals surface area contributed by atoms with Gasteiger partial charge in [-0.25, -0.2) is 0 Å². The molecule has 0 bridgehead atoms. The van der Waals surface area contributed by atoms with Gasteiger partial charge in [0.1, 0.15) is 6.29 Å². The number of hydrogen-bond acceptors (Lipinski definition) is 3. The molecule has 0 aliphatic carbocycles. The molecule has 0 amide bonds. The van der Waals surface area contributed by atoms with Gasteiger partial charge in [0, 0.05) is 28.6 Å². The molecular weight excluding hydrogens is 325 g/mol. The molecule has 22 heavy (non-hydrogen) atoms. The van der Waals surface area contributed by atoms with Gasteiger partial charge in [-0.3, -0.25) is 14.9 Å². The molecule has 0 N–H and O–H groups in total. The van der Waals surface area contributed by atoms with E-state index in [-0.39, 0.29) is 5.70 Å². The zero-order chi connectivity index (χ0) is 16.5. The molecule has 2 aromatic rings. The standard InChI is InChI=1S/C9H8ClNO2.C7H5ClO/c1-7(11(12)13)6-8-2-4-9(10)5-3-8;8-7-3-1-6(5-9)2-4-7/h2-6H,1H3;1-5H/b7-6+;. The van der Waals surface area contributed by atoms with Crippen LogP contribution in [-0.2, 0) is 0 Å². The van der Waals surface area contributed by atoms with E-state index in [1.165, 1.54) is 13.0 Å². The van der Waals surface area contributed by atoms with E-state index in [4.69, 9.17) is 23.2 Å². The third-order valence-corrected chi connectivity index (χ3v) is 3.04. The van der Waals surface area contributed by atoms with Gasteiger partial charge in [0.25, 0.3) is 0 Å². The van der Waals surface area contributed by atoms with Gasteiger partial charge in [0.05, 0.1) is 4.92 Å². The summed E-state index contributed by atoms with van der Waals surface area (Å²) in [6.07, 6.45) is 2.28. The molecule has 6 heteroatoms. The van der Waals surface area contributed by atoms with Gasteiger partial charge in [-0.2, -0.15) is 0 Å². The summed E-state index contributed by atoms with van der Waals surface area (Å²) in [5.74, 6) is 0. The molecule has 114 valence electrons. The fourth-order valence-electron chi connectivity index (χ4n) is 1.39. The summed E-state index contributed by atoms with van der Waals surface area (Å²) in [5, 5.41) is 11.6. The molecule has 0 atom stereocenters. The zero-order valence-corrected chi connectivity index (χ0v) is 13.2. The molecule has 2 rings (SSSR count). The van der Waals surface area contributed by atoms with Crippen molar-refractivity contribution in [2.24, 2.45) is 0 Å². The normalized spacial score (nSPS) is 10.4. The van der Waals surface area contributed by atoms with E-state index in [1.54, 1.807) is 48.5 Å². The molecule has 2 aromatic carbocycles. The molecule has 0 unspecified atom stereocenters. The number of aldehydes is 1. The molecule has 0 saturated carbocycles. The van der Waals surface area contributed by atoms with Crippen LogP contribution in [0.5, 0.6) is 0 Å². The number of allylic oxidation sites excluding steroid dienone is 1. The quantitative estimate of drug-likeness (QED) is 0.443. The van der Waals surface area contributed by atoms with Crippen LogP contribution in [0.15, 0.2) is 54.2 Å². The van der Waals surface area contributed by atoms with Crippen molar-refractivity contribution in [1.82, 2.24) is 0 Å². The maximum Gasteiger partial charge on any atom is 0.243 e. The summed E-state index contributed by atoms with van der Waals surface area (Å²) in [6, 6.07) is 13.6. The lowest BCUT2D eigenvalue weighted by molar-refractivity contribution is -0.422. The van der Waals surface area contributed by atoms with Crippen LogP contribution in [-0.4, -0.2) is 11.2 Å². The molecule has 0 aliphatic rings. The first-order chi connectivity index (χ1) is 10.4. The number of carbonyl (C=O) groups is 1. The first kappa shape index (κ1) is 17.9. The van der Waals surface area contributed by atoms with E-state index in [0.717, 1.165) is 11.8 Å². The Kier molecular flexibility index (Phi) is 7.29. The third-order valence-electron chi connectivity index (χ3n) is 2.54. The second-order valence-corrected chi connectivity index (χ2v) is 5.14. The van der Waals surface area contributed by atoms with Crippen LogP contribution in [0.2, 0.25) is 10.0 Å². The second-order valence-electron chi connectivity index (χ2n) is 4.26. The maximum absolute atomic E-state index is 10.3. The Bertz CT molecular complexity index is 665. The summed E-state index contributed by atoms with van der Waals surface area (Å²) in [4.78, 5) is 19.9. The smallest absolute Gasteiger partial charge is 0.243 e. The number of benzene rings is 2. The first-order valence-corrected chi connectivity index (χ1v) is 6.97. The Labute approximate surface area is 138 Å². The van der Waals surface area contributed by atoms with Crippen LogP contribution in [0.25, 0.3) is 6.08 Å². The Hall–Kier alpha value is -2.17. The van der Waals surface area contributed by atoms with Crippen molar-refractivity contribution >= 4 is 35.6 Å². The highest BCUT2D eigenvalue weighted by molar-refractivity contribution is 6.30.